The summed E-state index contributed by atoms with van der Waals surface area (Å²) >= 11 is 7.68. The fourth-order valence-corrected chi connectivity index (χ4v) is 6.87. The van der Waals surface area contributed by atoms with Crippen LogP contribution < -0.4 is 19.9 Å². The second kappa shape index (κ2) is 13.6. The lowest BCUT2D eigenvalue weighted by molar-refractivity contribution is -0.128. The summed E-state index contributed by atoms with van der Waals surface area (Å²) in [5, 5.41) is 3.24. The highest BCUT2D eigenvalue weighted by Crippen LogP contribution is 2.42. The number of nitrogens with zero attached hydrogens (tertiary/aromatic N) is 3. The lowest BCUT2D eigenvalue weighted by Crippen LogP contribution is -2.48. The van der Waals surface area contributed by atoms with E-state index in [1.807, 2.05) is 67.6 Å². The molecule has 2 atom stereocenters. The lowest BCUT2D eigenvalue weighted by atomic mass is 10.0. The molecule has 1 N–H and O–H groups in total. The number of carbonyl (C=O) groups excluding carboxylic acids is 2. The molecule has 216 valence electrons. The molecule has 1 fully saturated rings. The number of nitrogens with one attached hydrogen (secondary N) is 1. The maximum absolute atomic E-state index is 13.7. The summed E-state index contributed by atoms with van der Waals surface area (Å²) < 4.78 is 5.26. The molecule has 3 aromatic carbocycles. The number of piperazine rings is 1. The van der Waals surface area contributed by atoms with E-state index < -0.39 is 11.2 Å². The van der Waals surface area contributed by atoms with Crippen LogP contribution in [0, 0.1) is 5.92 Å². The SMILES string of the molecule is COc1ccc(N2CCN(CCCNC(=O)[C@H](C)[C@@H]3Sc4ccccc4N(Cc4cccc(Cl)c4)C3=O)CC2)cc1. The number of fused-ring (bicyclic) bond motifs is 1. The summed E-state index contributed by atoms with van der Waals surface area (Å²) in [5.74, 6) is 0.277. The van der Waals surface area contributed by atoms with Crippen molar-refractivity contribution >= 4 is 46.6 Å². The van der Waals surface area contributed by atoms with Crippen molar-refractivity contribution in [1.82, 2.24) is 10.2 Å². The summed E-state index contributed by atoms with van der Waals surface area (Å²) in [6.07, 6.45) is 0.872. The maximum Gasteiger partial charge on any atom is 0.241 e. The van der Waals surface area contributed by atoms with E-state index in [0.29, 0.717) is 18.1 Å². The molecule has 0 unspecified atom stereocenters. The van der Waals surface area contributed by atoms with Crippen LogP contribution in [0.25, 0.3) is 0 Å². The van der Waals surface area contributed by atoms with E-state index in [4.69, 9.17) is 16.3 Å². The van der Waals surface area contributed by atoms with E-state index in [1.165, 1.54) is 17.4 Å². The molecule has 2 heterocycles. The Hall–Kier alpha value is -3.20. The van der Waals surface area contributed by atoms with Crippen LogP contribution in [-0.2, 0) is 16.1 Å². The number of ether oxygens (including phenoxy) is 1. The first-order valence-corrected chi connectivity index (χ1v) is 15.4. The molecule has 2 aliphatic rings. The third-order valence-corrected chi connectivity index (χ3v) is 9.48. The second-order valence-electron chi connectivity index (χ2n) is 10.5. The Morgan fingerprint density at radius 2 is 1.80 bits per heavy atom. The van der Waals surface area contributed by atoms with Crippen LogP contribution in [0.3, 0.4) is 0 Å². The van der Waals surface area contributed by atoms with Crippen molar-refractivity contribution in [3.8, 4) is 5.75 Å². The maximum atomic E-state index is 13.7. The van der Waals surface area contributed by atoms with E-state index in [1.54, 1.807) is 12.0 Å². The number of anilines is 2. The highest BCUT2D eigenvalue weighted by atomic mass is 35.5. The zero-order chi connectivity index (χ0) is 28.8. The van der Waals surface area contributed by atoms with Crippen LogP contribution in [-0.4, -0.2) is 68.3 Å². The highest BCUT2D eigenvalue weighted by Gasteiger charge is 2.39. The molecule has 41 heavy (non-hydrogen) atoms. The van der Waals surface area contributed by atoms with Gasteiger partial charge in [-0.2, -0.15) is 0 Å². The standard InChI is InChI=1S/C32H37ClN4O3S/c1-23(30-32(39)37(22-24-7-5-8-25(33)21-24)28-9-3-4-10-29(28)41-30)31(38)34-15-6-16-35-17-19-36(20-18-35)26-11-13-27(40-2)14-12-26/h3-5,7-14,21,23,30H,6,15-20,22H2,1-2H3,(H,34,38)/t23-,30+/m1/s1. The zero-order valence-corrected chi connectivity index (χ0v) is 25.2. The molecular formula is C32H37ClN4O3S. The fraction of sp³-hybridized carbons (Fsp3) is 0.375. The zero-order valence-electron chi connectivity index (χ0n) is 23.6. The third-order valence-electron chi connectivity index (χ3n) is 7.78. The van der Waals surface area contributed by atoms with Crippen LogP contribution >= 0.6 is 23.4 Å². The molecule has 1 saturated heterocycles. The van der Waals surface area contributed by atoms with E-state index in [9.17, 15) is 9.59 Å². The van der Waals surface area contributed by atoms with Gasteiger partial charge in [-0.3, -0.25) is 14.5 Å². The van der Waals surface area contributed by atoms with Gasteiger partial charge in [0.25, 0.3) is 0 Å². The van der Waals surface area contributed by atoms with Gasteiger partial charge in [0, 0.05) is 48.3 Å². The topological polar surface area (TPSA) is 65.1 Å². The van der Waals surface area contributed by atoms with E-state index in [-0.39, 0.29) is 11.8 Å². The molecule has 3 aromatic rings. The molecule has 0 spiro atoms. The summed E-state index contributed by atoms with van der Waals surface area (Å²) in [6, 6.07) is 23.7. The molecule has 2 amide bonds. The average Bonchev–Trinajstić information content (AvgIpc) is 3.00. The number of methoxy groups -OCH3 is 1. The van der Waals surface area contributed by atoms with Gasteiger partial charge in [0.15, 0.2) is 0 Å². The number of thioether (sulfide) groups is 1. The van der Waals surface area contributed by atoms with Crippen molar-refractivity contribution in [1.29, 1.82) is 0 Å². The van der Waals surface area contributed by atoms with Crippen LogP contribution in [0.5, 0.6) is 5.75 Å². The molecule has 0 radical (unpaired) electrons. The molecule has 2 aliphatic heterocycles. The summed E-state index contributed by atoms with van der Waals surface area (Å²) in [6.45, 7) is 7.73. The Balaban J connectivity index is 1.10. The number of benzene rings is 3. The Morgan fingerprint density at radius 3 is 2.54 bits per heavy atom. The quantitative estimate of drug-likeness (QED) is 0.322. The van der Waals surface area contributed by atoms with Crippen molar-refractivity contribution < 1.29 is 14.3 Å². The average molecular weight is 593 g/mol. The number of carbonyl (C=O) groups is 2. The third kappa shape index (κ3) is 7.18. The summed E-state index contributed by atoms with van der Waals surface area (Å²) in [4.78, 5) is 34.5. The van der Waals surface area contributed by atoms with Gasteiger partial charge in [0.2, 0.25) is 11.8 Å². The summed E-state index contributed by atoms with van der Waals surface area (Å²) in [7, 11) is 1.68. The Bertz CT molecular complexity index is 1350. The predicted molar refractivity (Wildman–Crippen MR) is 167 cm³/mol. The van der Waals surface area contributed by atoms with Gasteiger partial charge < -0.3 is 19.9 Å². The largest absolute Gasteiger partial charge is 0.497 e. The minimum absolute atomic E-state index is 0.0499. The number of hydrogen-bond donors (Lipinski definition) is 1. The number of rotatable bonds is 10. The van der Waals surface area contributed by atoms with Gasteiger partial charge >= 0.3 is 0 Å². The van der Waals surface area contributed by atoms with Crippen molar-refractivity contribution in [2.45, 2.75) is 30.0 Å². The van der Waals surface area contributed by atoms with Gasteiger partial charge in [-0.25, -0.2) is 0 Å². The number of para-hydroxylation sites is 1. The van der Waals surface area contributed by atoms with Gasteiger partial charge in [-0.1, -0.05) is 42.8 Å². The molecule has 0 aromatic heterocycles. The number of hydrogen-bond acceptors (Lipinski definition) is 6. The van der Waals surface area contributed by atoms with Gasteiger partial charge in [-0.15, -0.1) is 11.8 Å². The second-order valence-corrected chi connectivity index (χ2v) is 12.1. The summed E-state index contributed by atoms with van der Waals surface area (Å²) in [5.41, 5.74) is 3.04. The normalized spacial score (nSPS) is 18.1. The van der Waals surface area contributed by atoms with Crippen LogP contribution in [0.4, 0.5) is 11.4 Å². The minimum atomic E-state index is -0.491. The Morgan fingerprint density at radius 1 is 1.05 bits per heavy atom. The molecule has 0 aliphatic carbocycles. The van der Waals surface area contributed by atoms with E-state index in [2.05, 4.69) is 27.2 Å². The molecule has 7 nitrogen and oxygen atoms in total. The first-order valence-electron chi connectivity index (χ1n) is 14.1. The highest BCUT2D eigenvalue weighted by molar-refractivity contribution is 8.01. The van der Waals surface area contributed by atoms with Gasteiger partial charge in [-0.05, 0) is 67.1 Å². The van der Waals surface area contributed by atoms with Crippen molar-refractivity contribution in [2.24, 2.45) is 5.92 Å². The van der Waals surface area contributed by atoms with Crippen LogP contribution in [0.1, 0.15) is 18.9 Å². The molecule has 9 heteroatoms. The van der Waals surface area contributed by atoms with Crippen molar-refractivity contribution in [2.75, 3.05) is 56.2 Å². The van der Waals surface area contributed by atoms with Gasteiger partial charge in [0.1, 0.15) is 11.0 Å². The minimum Gasteiger partial charge on any atom is -0.497 e. The number of halogens is 1. The van der Waals surface area contributed by atoms with E-state index >= 15 is 0 Å². The van der Waals surface area contributed by atoms with Crippen LogP contribution in [0.2, 0.25) is 5.02 Å². The van der Waals surface area contributed by atoms with Crippen LogP contribution in [0.15, 0.2) is 77.7 Å². The lowest BCUT2D eigenvalue weighted by Gasteiger charge is -2.36. The number of amides is 2. The Kier molecular flexibility index (Phi) is 9.75. The van der Waals surface area contributed by atoms with E-state index in [0.717, 1.165) is 61.0 Å². The first kappa shape index (κ1) is 29.3. The molecule has 0 saturated carbocycles. The molecule has 5 rings (SSSR count). The first-order chi connectivity index (χ1) is 19.9. The predicted octanol–water partition coefficient (Wildman–Crippen LogP) is 5.32. The van der Waals surface area contributed by atoms with Gasteiger partial charge in [0.05, 0.1) is 25.3 Å². The van der Waals surface area contributed by atoms with Crippen molar-refractivity contribution in [3.05, 3.63) is 83.4 Å². The molecule has 0 bridgehead atoms. The molecular weight excluding hydrogens is 556 g/mol. The van der Waals surface area contributed by atoms with Crippen molar-refractivity contribution in [3.63, 3.8) is 0 Å². The smallest absolute Gasteiger partial charge is 0.241 e. The Labute approximate surface area is 251 Å². The monoisotopic (exact) mass is 592 g/mol. The fourth-order valence-electron chi connectivity index (χ4n) is 5.37.